The van der Waals surface area contributed by atoms with Crippen molar-refractivity contribution >= 4 is 47.0 Å². The van der Waals surface area contributed by atoms with Crippen LogP contribution in [0.5, 0.6) is 0 Å². The van der Waals surface area contributed by atoms with Gasteiger partial charge in [-0.3, -0.25) is 0 Å². The van der Waals surface area contributed by atoms with E-state index in [9.17, 15) is 0 Å². The largest absolute Gasteiger partial charge is 0.360 e. The van der Waals surface area contributed by atoms with Crippen LogP contribution in [0.25, 0.3) is 32.3 Å². The van der Waals surface area contributed by atoms with Crippen molar-refractivity contribution in [2.24, 2.45) is 0 Å². The highest BCUT2D eigenvalue weighted by atomic mass is 28.2. The Kier molecular flexibility index (Phi) is 3.34. The van der Waals surface area contributed by atoms with Gasteiger partial charge in [-0.2, -0.15) is 0 Å². The molecule has 0 saturated heterocycles. The van der Waals surface area contributed by atoms with Crippen LogP contribution in [-0.4, -0.2) is 29.7 Å². The summed E-state index contributed by atoms with van der Waals surface area (Å²) in [5.74, 6) is -0.182. The maximum atomic E-state index is 5.38. The van der Waals surface area contributed by atoms with Crippen LogP contribution < -0.4 is 5.19 Å². The first-order valence-corrected chi connectivity index (χ1v) is 8.38. The fraction of sp³-hybridized carbons (Fsp3) is 0.158. The van der Waals surface area contributed by atoms with E-state index >= 15 is 0 Å². The highest BCUT2D eigenvalue weighted by Crippen LogP contribution is 2.33. The van der Waals surface area contributed by atoms with E-state index in [0.29, 0.717) is 9.52 Å². The summed E-state index contributed by atoms with van der Waals surface area (Å²) in [6.07, 6.45) is 0. The van der Waals surface area contributed by atoms with E-state index < -0.39 is 0 Å². The average Bonchev–Trinajstić information content (AvgIpc) is 2.58. The molecule has 0 saturated carbocycles. The lowest BCUT2D eigenvalue weighted by Gasteiger charge is -2.16. The topological polar surface area (TPSA) is 18.5 Å². The van der Waals surface area contributed by atoms with Crippen LogP contribution in [0.1, 0.15) is 0 Å². The summed E-state index contributed by atoms with van der Waals surface area (Å²) in [6, 6.07) is 19.8. The zero-order valence-corrected chi connectivity index (χ0v) is 13.6. The molecule has 0 amide bonds. The van der Waals surface area contributed by atoms with Crippen LogP contribution in [0, 0.1) is 0 Å². The first-order chi connectivity index (χ1) is 10.8. The van der Waals surface area contributed by atoms with E-state index in [1.165, 1.54) is 37.5 Å². The van der Waals surface area contributed by atoms with E-state index in [0.717, 1.165) is 0 Å². The molecule has 3 heteroatoms. The lowest BCUT2D eigenvalue weighted by molar-refractivity contribution is -0.0429. The van der Waals surface area contributed by atoms with Gasteiger partial charge in [0.2, 0.25) is 0 Å². The second-order valence-electron chi connectivity index (χ2n) is 5.42. The summed E-state index contributed by atoms with van der Waals surface area (Å²) in [4.78, 5) is 0. The number of hydrogen-bond acceptors (Lipinski definition) is 2. The van der Waals surface area contributed by atoms with Gasteiger partial charge in [-0.1, -0.05) is 59.8 Å². The van der Waals surface area contributed by atoms with Gasteiger partial charge in [-0.05, 0) is 32.3 Å². The van der Waals surface area contributed by atoms with Gasteiger partial charge in [0.1, 0.15) is 5.91 Å². The predicted molar refractivity (Wildman–Crippen MR) is 93.3 cm³/mol. The Morgan fingerprint density at radius 1 is 0.727 bits per heavy atom. The third kappa shape index (κ3) is 2.02. The molecule has 22 heavy (non-hydrogen) atoms. The van der Waals surface area contributed by atoms with Crippen molar-refractivity contribution in [3.8, 4) is 0 Å². The molecule has 0 fully saturated rings. The molecule has 0 bridgehead atoms. The SMILES string of the molecule is COC(OC)[Si]c1ccc2ccc3cccc4ccc1c2c34. The van der Waals surface area contributed by atoms with Crippen molar-refractivity contribution in [2.45, 2.75) is 5.91 Å². The molecule has 0 N–H and O–H groups in total. The summed E-state index contributed by atoms with van der Waals surface area (Å²) in [7, 11) is 3.85. The Labute approximate surface area is 131 Å². The van der Waals surface area contributed by atoms with Gasteiger partial charge in [0, 0.05) is 14.2 Å². The normalized spacial score (nSPS) is 12.1. The van der Waals surface area contributed by atoms with Crippen LogP contribution in [-0.2, 0) is 9.47 Å². The molecule has 4 rings (SSSR count). The molecule has 2 radical (unpaired) electrons. The molecule has 0 atom stereocenters. The van der Waals surface area contributed by atoms with Crippen LogP contribution in [0.15, 0.2) is 54.6 Å². The molecule has 0 aliphatic carbocycles. The smallest absolute Gasteiger partial charge is 0.157 e. The molecule has 0 heterocycles. The summed E-state index contributed by atoms with van der Waals surface area (Å²) in [5.41, 5.74) is 0. The van der Waals surface area contributed by atoms with Crippen LogP contribution in [0.2, 0.25) is 0 Å². The predicted octanol–water partition coefficient (Wildman–Crippen LogP) is 3.49. The van der Waals surface area contributed by atoms with E-state index in [1.54, 1.807) is 14.2 Å². The van der Waals surface area contributed by atoms with Crippen molar-refractivity contribution in [3.05, 3.63) is 54.6 Å². The van der Waals surface area contributed by atoms with Crippen molar-refractivity contribution in [1.29, 1.82) is 0 Å². The third-order valence-electron chi connectivity index (χ3n) is 4.23. The molecular formula is C19H16O2Si. The lowest BCUT2D eigenvalue weighted by Crippen LogP contribution is -2.31. The molecule has 4 aromatic carbocycles. The molecule has 4 aromatic rings. The molecule has 0 unspecified atom stereocenters. The summed E-state index contributed by atoms with van der Waals surface area (Å²) in [6.45, 7) is 0. The standard InChI is InChI=1S/C19H16O2Si/c1-20-19(21-2)22-16-11-9-14-7-6-12-4-3-5-13-8-10-15(16)18(14)17(12)13/h3-11,19H,1-2H3. The van der Waals surface area contributed by atoms with Gasteiger partial charge in [0.25, 0.3) is 0 Å². The van der Waals surface area contributed by atoms with Crippen molar-refractivity contribution < 1.29 is 9.47 Å². The van der Waals surface area contributed by atoms with E-state index in [2.05, 4.69) is 54.6 Å². The fourth-order valence-electron chi connectivity index (χ4n) is 3.20. The molecular weight excluding hydrogens is 288 g/mol. The molecule has 108 valence electrons. The van der Waals surface area contributed by atoms with Gasteiger partial charge < -0.3 is 9.47 Å². The maximum absolute atomic E-state index is 5.38. The van der Waals surface area contributed by atoms with Gasteiger partial charge in [-0.25, -0.2) is 0 Å². The summed E-state index contributed by atoms with van der Waals surface area (Å²) < 4.78 is 10.8. The van der Waals surface area contributed by atoms with E-state index in [-0.39, 0.29) is 5.91 Å². The summed E-state index contributed by atoms with van der Waals surface area (Å²) >= 11 is 0. The molecule has 0 aliphatic heterocycles. The zero-order valence-electron chi connectivity index (χ0n) is 12.6. The minimum absolute atomic E-state index is 0.182. The quantitative estimate of drug-likeness (QED) is 0.326. The Bertz CT molecular complexity index is 928. The molecule has 2 nitrogen and oxygen atoms in total. The monoisotopic (exact) mass is 304 g/mol. The zero-order chi connectivity index (χ0) is 15.1. The van der Waals surface area contributed by atoms with Gasteiger partial charge in [0.15, 0.2) is 9.52 Å². The first kappa shape index (κ1) is 13.7. The average molecular weight is 304 g/mol. The number of methoxy groups -OCH3 is 2. The number of ether oxygens (including phenoxy) is 2. The highest BCUT2D eigenvalue weighted by Gasteiger charge is 2.14. The van der Waals surface area contributed by atoms with Crippen LogP contribution in [0.3, 0.4) is 0 Å². The maximum Gasteiger partial charge on any atom is 0.157 e. The fourth-order valence-corrected chi connectivity index (χ4v) is 4.24. The Morgan fingerprint density at radius 2 is 1.32 bits per heavy atom. The van der Waals surface area contributed by atoms with Gasteiger partial charge in [0.05, 0.1) is 0 Å². The van der Waals surface area contributed by atoms with Crippen molar-refractivity contribution in [3.63, 3.8) is 0 Å². The van der Waals surface area contributed by atoms with E-state index in [1.807, 2.05) is 0 Å². The second kappa shape index (κ2) is 5.36. The molecule has 0 spiro atoms. The van der Waals surface area contributed by atoms with Crippen molar-refractivity contribution in [1.82, 2.24) is 0 Å². The lowest BCUT2D eigenvalue weighted by atomic mass is 9.94. The number of hydrogen-bond donors (Lipinski definition) is 0. The minimum atomic E-state index is -0.182. The highest BCUT2D eigenvalue weighted by molar-refractivity contribution is 6.58. The van der Waals surface area contributed by atoms with Gasteiger partial charge >= 0.3 is 0 Å². The first-order valence-electron chi connectivity index (χ1n) is 7.30. The number of benzene rings is 4. The van der Waals surface area contributed by atoms with E-state index in [4.69, 9.17) is 9.47 Å². The molecule has 0 aliphatic rings. The minimum Gasteiger partial charge on any atom is -0.360 e. The summed E-state index contributed by atoms with van der Waals surface area (Å²) in [5, 5.41) is 9.19. The Morgan fingerprint density at radius 3 is 2.00 bits per heavy atom. The Hall–Kier alpha value is -1.94. The van der Waals surface area contributed by atoms with Crippen LogP contribution >= 0.6 is 0 Å². The Balaban J connectivity index is 2.04. The van der Waals surface area contributed by atoms with Crippen molar-refractivity contribution in [2.75, 3.05) is 14.2 Å². The van der Waals surface area contributed by atoms with Crippen LogP contribution in [0.4, 0.5) is 0 Å². The van der Waals surface area contributed by atoms with Gasteiger partial charge in [-0.15, -0.1) is 0 Å². The molecule has 0 aromatic heterocycles. The second-order valence-corrected chi connectivity index (χ2v) is 6.72. The third-order valence-corrected chi connectivity index (χ3v) is 5.68. The number of rotatable bonds is 4.